The lowest BCUT2D eigenvalue weighted by Gasteiger charge is -2.16. The first-order valence-electron chi connectivity index (χ1n) is 8.08. The van der Waals surface area contributed by atoms with Crippen LogP contribution in [0.1, 0.15) is 23.0 Å². The second-order valence-corrected chi connectivity index (χ2v) is 8.25. The van der Waals surface area contributed by atoms with Crippen molar-refractivity contribution in [1.29, 1.82) is 0 Å². The van der Waals surface area contributed by atoms with E-state index in [1.54, 1.807) is 0 Å². The lowest BCUT2D eigenvalue weighted by Crippen LogP contribution is -2.37. The highest BCUT2D eigenvalue weighted by molar-refractivity contribution is 6.52. The van der Waals surface area contributed by atoms with Crippen LogP contribution in [0.3, 0.4) is 0 Å². The smallest absolute Gasteiger partial charge is 0.161 e. The van der Waals surface area contributed by atoms with Crippen LogP contribution in [0.25, 0.3) is 0 Å². The van der Waals surface area contributed by atoms with Gasteiger partial charge in [0, 0.05) is 11.8 Å². The van der Waals surface area contributed by atoms with E-state index in [1.165, 1.54) is 0 Å². The standard InChI is InChI=1S/C20H14Cl2O2/c21-19-13(11-7-3-1-4-8-11)15(19)17(23)20(22)14(16(20)18(19)24)12-9-5-2-6-10-12/h1-10,13-16H/t13-,14-,15-,16+,19+,20-/m0/s1. The third-order valence-electron chi connectivity index (χ3n) is 5.90. The van der Waals surface area contributed by atoms with Gasteiger partial charge in [-0.25, -0.2) is 0 Å². The van der Waals surface area contributed by atoms with Gasteiger partial charge in [-0.2, -0.15) is 0 Å². The van der Waals surface area contributed by atoms with Gasteiger partial charge in [-0.15, -0.1) is 23.2 Å². The lowest BCUT2D eigenvalue weighted by molar-refractivity contribution is -0.129. The summed E-state index contributed by atoms with van der Waals surface area (Å²) >= 11 is 13.4. The average molecular weight is 357 g/mol. The summed E-state index contributed by atoms with van der Waals surface area (Å²) in [7, 11) is 0. The van der Waals surface area contributed by atoms with Crippen molar-refractivity contribution in [2.24, 2.45) is 11.8 Å². The molecule has 3 saturated carbocycles. The van der Waals surface area contributed by atoms with Crippen molar-refractivity contribution in [3.8, 4) is 0 Å². The van der Waals surface area contributed by atoms with Gasteiger partial charge in [0.25, 0.3) is 0 Å². The van der Waals surface area contributed by atoms with E-state index in [0.717, 1.165) is 11.1 Å². The molecule has 0 aliphatic heterocycles. The van der Waals surface area contributed by atoms with Crippen LogP contribution in [0.5, 0.6) is 0 Å². The largest absolute Gasteiger partial charge is 0.297 e. The first kappa shape index (κ1) is 14.7. The van der Waals surface area contributed by atoms with Gasteiger partial charge in [-0.1, -0.05) is 60.7 Å². The van der Waals surface area contributed by atoms with Crippen LogP contribution in [0, 0.1) is 11.8 Å². The van der Waals surface area contributed by atoms with Gasteiger partial charge in [0.15, 0.2) is 11.6 Å². The number of hydrogen-bond acceptors (Lipinski definition) is 2. The maximum absolute atomic E-state index is 13.1. The monoisotopic (exact) mass is 356 g/mol. The molecule has 2 aromatic carbocycles. The van der Waals surface area contributed by atoms with E-state index in [4.69, 9.17) is 23.2 Å². The normalized spacial score (nSPS) is 42.2. The van der Waals surface area contributed by atoms with E-state index in [2.05, 4.69) is 0 Å². The molecule has 2 nitrogen and oxygen atoms in total. The Labute approximate surface area is 149 Å². The second-order valence-electron chi connectivity index (χ2n) is 7.00. The number of rotatable bonds is 2. The zero-order chi connectivity index (χ0) is 16.7. The van der Waals surface area contributed by atoms with Crippen LogP contribution < -0.4 is 0 Å². The second kappa shape index (κ2) is 4.50. The molecule has 0 amide bonds. The summed E-state index contributed by atoms with van der Waals surface area (Å²) in [4.78, 5) is 23.9. The van der Waals surface area contributed by atoms with E-state index in [0.29, 0.717) is 0 Å². The fourth-order valence-electron chi connectivity index (χ4n) is 4.68. The van der Waals surface area contributed by atoms with E-state index >= 15 is 0 Å². The third-order valence-corrected chi connectivity index (χ3v) is 7.21. The predicted octanol–water partition coefficient (Wildman–Crippen LogP) is 3.92. The highest BCUT2D eigenvalue weighted by Gasteiger charge is 2.88. The SMILES string of the molecule is O=C1[C@@H]2[C@H](c3ccccc3)[C@]2(Cl)C(=O)[C@H]2[C@H](c3ccccc3)[C@@]12Cl. The molecule has 0 radical (unpaired) electrons. The Morgan fingerprint density at radius 1 is 0.583 bits per heavy atom. The summed E-state index contributed by atoms with van der Waals surface area (Å²) in [5.74, 6) is -1.63. The van der Waals surface area contributed by atoms with Crippen molar-refractivity contribution in [1.82, 2.24) is 0 Å². The summed E-state index contributed by atoms with van der Waals surface area (Å²) in [5.41, 5.74) is 1.88. The highest BCUT2D eigenvalue weighted by Crippen LogP contribution is 2.78. The first-order valence-corrected chi connectivity index (χ1v) is 8.84. The molecule has 6 atom stereocenters. The zero-order valence-electron chi connectivity index (χ0n) is 12.7. The maximum Gasteiger partial charge on any atom is 0.161 e. The number of alkyl halides is 2. The quantitative estimate of drug-likeness (QED) is 0.764. The number of ketones is 2. The fourth-order valence-corrected chi connectivity index (χ4v) is 5.74. The predicted molar refractivity (Wildman–Crippen MR) is 92.5 cm³/mol. The molecule has 0 spiro atoms. The van der Waals surface area contributed by atoms with Crippen LogP contribution in [0.4, 0.5) is 0 Å². The van der Waals surface area contributed by atoms with E-state index in [9.17, 15) is 9.59 Å². The Morgan fingerprint density at radius 3 is 1.25 bits per heavy atom. The molecule has 0 heterocycles. The van der Waals surface area contributed by atoms with Crippen molar-refractivity contribution < 1.29 is 9.59 Å². The van der Waals surface area contributed by atoms with Crippen LogP contribution in [0.15, 0.2) is 60.7 Å². The first-order chi connectivity index (χ1) is 11.5. The lowest BCUT2D eigenvalue weighted by atomic mass is 9.97. The number of hydrogen-bond donors (Lipinski definition) is 0. The third kappa shape index (κ3) is 1.54. The minimum absolute atomic E-state index is 0.0635. The minimum Gasteiger partial charge on any atom is -0.297 e. The van der Waals surface area contributed by atoms with Crippen LogP contribution in [-0.2, 0) is 9.59 Å². The van der Waals surface area contributed by atoms with Gasteiger partial charge < -0.3 is 0 Å². The Balaban J connectivity index is 1.55. The van der Waals surface area contributed by atoms with Crippen molar-refractivity contribution in [3.63, 3.8) is 0 Å². The Morgan fingerprint density at radius 2 is 0.917 bits per heavy atom. The molecule has 0 unspecified atom stereocenters. The van der Waals surface area contributed by atoms with Gasteiger partial charge >= 0.3 is 0 Å². The van der Waals surface area contributed by atoms with E-state index in [1.807, 2.05) is 60.7 Å². The zero-order valence-corrected chi connectivity index (χ0v) is 14.2. The molecule has 3 aliphatic carbocycles. The molecule has 5 rings (SSSR count). The molecule has 0 aromatic heterocycles. The summed E-state index contributed by atoms with van der Waals surface area (Å²) in [5, 5.41) is 0. The molecule has 120 valence electrons. The molecule has 3 fully saturated rings. The van der Waals surface area contributed by atoms with Gasteiger partial charge in [0.2, 0.25) is 0 Å². The molecule has 24 heavy (non-hydrogen) atoms. The minimum atomic E-state index is -1.11. The molecule has 0 bridgehead atoms. The summed E-state index contributed by atoms with van der Waals surface area (Å²) < 4.78 is 0. The molecule has 0 N–H and O–H groups in total. The number of carbonyl (C=O) groups is 2. The number of halogens is 2. The average Bonchev–Trinajstić information content (AvgIpc) is 3.46. The molecule has 2 aromatic rings. The van der Waals surface area contributed by atoms with Gasteiger partial charge in [-0.3, -0.25) is 9.59 Å². The molecular weight excluding hydrogens is 343 g/mol. The van der Waals surface area contributed by atoms with Crippen LogP contribution >= 0.6 is 23.2 Å². The Bertz CT molecular complexity index is 792. The highest BCUT2D eigenvalue weighted by atomic mass is 35.5. The molecule has 3 aliphatic rings. The van der Waals surface area contributed by atoms with Crippen LogP contribution in [-0.4, -0.2) is 21.3 Å². The van der Waals surface area contributed by atoms with Gasteiger partial charge in [0.05, 0.1) is 11.8 Å². The molecule has 4 heteroatoms. The number of benzene rings is 2. The number of fused-ring (bicyclic) bond motifs is 2. The van der Waals surface area contributed by atoms with Gasteiger partial charge in [0.1, 0.15) is 9.75 Å². The van der Waals surface area contributed by atoms with Crippen molar-refractivity contribution in [2.45, 2.75) is 21.6 Å². The van der Waals surface area contributed by atoms with Crippen molar-refractivity contribution >= 4 is 34.8 Å². The van der Waals surface area contributed by atoms with Crippen molar-refractivity contribution in [2.75, 3.05) is 0 Å². The Kier molecular flexibility index (Phi) is 2.75. The summed E-state index contributed by atoms with van der Waals surface area (Å²) in [6, 6.07) is 19.1. The topological polar surface area (TPSA) is 34.1 Å². The van der Waals surface area contributed by atoms with Crippen molar-refractivity contribution in [3.05, 3.63) is 71.8 Å². The van der Waals surface area contributed by atoms with Crippen LogP contribution in [0.2, 0.25) is 0 Å². The number of carbonyl (C=O) groups excluding carboxylic acids is 2. The number of Topliss-reactive ketones (excluding diaryl/α,β-unsaturated/α-hetero) is 2. The van der Waals surface area contributed by atoms with E-state index < -0.39 is 21.6 Å². The van der Waals surface area contributed by atoms with E-state index in [-0.39, 0.29) is 23.4 Å². The summed E-state index contributed by atoms with van der Waals surface area (Å²) in [6.07, 6.45) is 0. The van der Waals surface area contributed by atoms with Gasteiger partial charge in [-0.05, 0) is 11.1 Å². The molecule has 0 saturated heterocycles. The maximum atomic E-state index is 13.1. The molecular formula is C20H14Cl2O2. The fraction of sp³-hybridized carbons (Fsp3) is 0.300. The Hall–Kier alpha value is -1.64. The summed E-state index contributed by atoms with van der Waals surface area (Å²) in [6.45, 7) is 0.